The molecule has 0 amide bonds. The lowest BCUT2D eigenvalue weighted by Crippen LogP contribution is -2.37. The maximum atomic E-state index is 12.7. The van der Waals surface area contributed by atoms with Crippen molar-refractivity contribution in [1.29, 1.82) is 0 Å². The predicted octanol–water partition coefficient (Wildman–Crippen LogP) is 4.23. The topological polar surface area (TPSA) is 20.3 Å². The molecule has 1 aliphatic heterocycles. The van der Waals surface area contributed by atoms with Crippen LogP contribution in [0, 0.1) is 5.92 Å². The minimum atomic E-state index is -4.42. The number of carbonyl (C=O) groups is 1. The summed E-state index contributed by atoms with van der Waals surface area (Å²) in [6.07, 6.45) is -2.12. The molecule has 1 saturated heterocycles. The first-order chi connectivity index (χ1) is 10.4. The highest BCUT2D eigenvalue weighted by atomic mass is 35.5. The monoisotopic (exact) mass is 333 g/mol. The molecule has 1 aromatic carbocycles. The van der Waals surface area contributed by atoms with E-state index in [0.29, 0.717) is 18.7 Å². The number of alkyl halides is 4. The van der Waals surface area contributed by atoms with Gasteiger partial charge in [0.25, 0.3) is 0 Å². The van der Waals surface area contributed by atoms with Gasteiger partial charge < -0.3 is 4.90 Å². The van der Waals surface area contributed by atoms with Crippen molar-refractivity contribution in [3.8, 4) is 0 Å². The Balaban J connectivity index is 1.98. The first kappa shape index (κ1) is 17.3. The molecule has 0 bridgehead atoms. The smallest absolute Gasteiger partial charge is 0.303 e. The molecule has 2 rings (SSSR count). The minimum absolute atomic E-state index is 0.161. The van der Waals surface area contributed by atoms with Crippen LogP contribution >= 0.6 is 11.6 Å². The third kappa shape index (κ3) is 4.46. The Hall–Kier alpha value is -1.07. The third-order valence-electron chi connectivity index (χ3n) is 4.04. The van der Waals surface area contributed by atoms with E-state index in [2.05, 4.69) is 4.90 Å². The Kier molecular flexibility index (Phi) is 5.87. The lowest BCUT2D eigenvalue weighted by atomic mass is 9.88. The largest absolute Gasteiger partial charge is 0.416 e. The molecule has 0 unspecified atom stereocenters. The highest BCUT2D eigenvalue weighted by Crippen LogP contribution is 2.30. The molecule has 0 spiro atoms. The number of carbonyl (C=O) groups excluding carboxylic acids is 1. The van der Waals surface area contributed by atoms with E-state index in [9.17, 15) is 18.0 Å². The number of halogens is 4. The molecule has 0 N–H and O–H groups in total. The van der Waals surface area contributed by atoms with Crippen LogP contribution in [0.1, 0.15) is 35.2 Å². The summed E-state index contributed by atoms with van der Waals surface area (Å²) in [6, 6.07) is 4.72. The van der Waals surface area contributed by atoms with Crippen LogP contribution < -0.4 is 0 Å². The quantitative estimate of drug-likeness (QED) is 0.593. The van der Waals surface area contributed by atoms with Crippen LogP contribution in [-0.4, -0.2) is 36.2 Å². The third-order valence-corrected chi connectivity index (χ3v) is 4.31. The van der Waals surface area contributed by atoms with Crippen LogP contribution in [0.25, 0.3) is 0 Å². The van der Waals surface area contributed by atoms with Crippen LogP contribution in [0.15, 0.2) is 24.3 Å². The summed E-state index contributed by atoms with van der Waals surface area (Å²) in [5.41, 5.74) is -0.605. The van der Waals surface area contributed by atoms with E-state index in [0.717, 1.165) is 38.2 Å². The lowest BCUT2D eigenvalue weighted by Gasteiger charge is -2.31. The fourth-order valence-corrected chi connectivity index (χ4v) is 2.91. The normalized spacial score (nSPS) is 17.6. The molecule has 2 nitrogen and oxygen atoms in total. The van der Waals surface area contributed by atoms with Crippen molar-refractivity contribution in [2.24, 2.45) is 5.92 Å². The van der Waals surface area contributed by atoms with E-state index in [-0.39, 0.29) is 17.3 Å². The van der Waals surface area contributed by atoms with Gasteiger partial charge in [-0.25, -0.2) is 0 Å². The van der Waals surface area contributed by atoms with Gasteiger partial charge >= 0.3 is 6.18 Å². The van der Waals surface area contributed by atoms with Crippen LogP contribution in [0.4, 0.5) is 13.2 Å². The van der Waals surface area contributed by atoms with Gasteiger partial charge in [0.15, 0.2) is 5.78 Å². The number of hydrogen-bond donors (Lipinski definition) is 0. The Bertz CT molecular complexity index is 510. The number of benzene rings is 1. The molecular weight excluding hydrogens is 315 g/mol. The number of likely N-dealkylation sites (tertiary alicyclic amines) is 1. The minimum Gasteiger partial charge on any atom is -0.303 e. The number of piperidine rings is 1. The molecule has 0 radical (unpaired) electrons. The van der Waals surface area contributed by atoms with Gasteiger partial charge in [0.05, 0.1) is 5.56 Å². The van der Waals surface area contributed by atoms with E-state index in [1.807, 2.05) is 0 Å². The predicted molar refractivity (Wildman–Crippen MR) is 80.3 cm³/mol. The average Bonchev–Trinajstić information content (AvgIpc) is 2.52. The summed E-state index contributed by atoms with van der Waals surface area (Å²) in [7, 11) is 0. The molecular formula is C16H19ClF3NO. The van der Waals surface area contributed by atoms with Crippen molar-refractivity contribution in [2.45, 2.75) is 25.4 Å². The SMILES string of the molecule is O=C(c1cccc(C(F)(F)F)c1)C1CCN(CCCCl)CC1. The van der Waals surface area contributed by atoms with Crippen LogP contribution in [0.5, 0.6) is 0 Å². The molecule has 1 aliphatic rings. The van der Waals surface area contributed by atoms with Crippen molar-refractivity contribution < 1.29 is 18.0 Å². The summed E-state index contributed by atoms with van der Waals surface area (Å²) in [6.45, 7) is 2.51. The summed E-state index contributed by atoms with van der Waals surface area (Å²) < 4.78 is 38.1. The van der Waals surface area contributed by atoms with Gasteiger partial charge in [-0.15, -0.1) is 11.6 Å². The summed E-state index contributed by atoms with van der Waals surface area (Å²) in [5.74, 6) is 0.252. The van der Waals surface area contributed by atoms with Crippen molar-refractivity contribution in [2.75, 3.05) is 25.5 Å². The van der Waals surface area contributed by atoms with Crippen LogP contribution in [0.2, 0.25) is 0 Å². The standard InChI is InChI=1S/C16H19ClF3NO/c17-7-2-8-21-9-5-12(6-10-21)15(22)13-3-1-4-14(11-13)16(18,19)20/h1,3-4,11-12H,2,5-10H2. The maximum absolute atomic E-state index is 12.7. The fourth-order valence-electron chi connectivity index (χ4n) is 2.79. The molecule has 0 atom stereocenters. The second kappa shape index (κ2) is 7.47. The molecule has 1 fully saturated rings. The molecule has 22 heavy (non-hydrogen) atoms. The van der Waals surface area contributed by atoms with Crippen LogP contribution in [0.3, 0.4) is 0 Å². The van der Waals surface area contributed by atoms with Gasteiger partial charge in [-0.2, -0.15) is 13.2 Å². The van der Waals surface area contributed by atoms with E-state index in [1.54, 1.807) is 0 Å². The van der Waals surface area contributed by atoms with Gasteiger partial charge in [-0.1, -0.05) is 12.1 Å². The Labute approximate surface area is 133 Å². The summed E-state index contributed by atoms with van der Waals surface area (Å²) >= 11 is 5.66. The zero-order valence-electron chi connectivity index (χ0n) is 12.2. The number of ketones is 1. The Morgan fingerprint density at radius 2 is 1.95 bits per heavy atom. The number of Topliss-reactive ketones (excluding diaryl/α,β-unsaturated/α-hetero) is 1. The molecule has 1 aromatic rings. The van der Waals surface area contributed by atoms with Gasteiger partial charge in [-0.05, 0) is 51.0 Å². The average molecular weight is 334 g/mol. The summed E-state index contributed by atoms with van der Waals surface area (Å²) in [5, 5.41) is 0. The zero-order valence-corrected chi connectivity index (χ0v) is 13.0. The van der Waals surface area contributed by atoms with Gasteiger partial charge in [0.2, 0.25) is 0 Å². The second-order valence-electron chi connectivity index (χ2n) is 5.60. The second-order valence-corrected chi connectivity index (χ2v) is 5.98. The molecule has 0 aromatic heterocycles. The van der Waals surface area contributed by atoms with Crippen molar-refractivity contribution in [1.82, 2.24) is 4.90 Å². The van der Waals surface area contributed by atoms with Crippen molar-refractivity contribution in [3.05, 3.63) is 35.4 Å². The van der Waals surface area contributed by atoms with Gasteiger partial charge in [0.1, 0.15) is 0 Å². The molecule has 1 heterocycles. The maximum Gasteiger partial charge on any atom is 0.416 e. The Morgan fingerprint density at radius 1 is 1.27 bits per heavy atom. The van der Waals surface area contributed by atoms with E-state index in [1.165, 1.54) is 12.1 Å². The van der Waals surface area contributed by atoms with Crippen LogP contribution in [-0.2, 0) is 6.18 Å². The first-order valence-electron chi connectivity index (χ1n) is 7.41. The zero-order chi connectivity index (χ0) is 16.2. The highest BCUT2D eigenvalue weighted by molar-refractivity contribution is 6.17. The molecule has 122 valence electrons. The Morgan fingerprint density at radius 3 is 2.55 bits per heavy atom. The first-order valence-corrected chi connectivity index (χ1v) is 7.95. The van der Waals surface area contributed by atoms with E-state index in [4.69, 9.17) is 11.6 Å². The highest BCUT2D eigenvalue weighted by Gasteiger charge is 2.32. The summed E-state index contributed by atoms with van der Waals surface area (Å²) in [4.78, 5) is 14.6. The van der Waals surface area contributed by atoms with Crippen molar-refractivity contribution >= 4 is 17.4 Å². The van der Waals surface area contributed by atoms with Gasteiger partial charge in [-0.3, -0.25) is 4.79 Å². The fraction of sp³-hybridized carbons (Fsp3) is 0.562. The number of nitrogens with zero attached hydrogens (tertiary/aromatic N) is 1. The van der Waals surface area contributed by atoms with E-state index >= 15 is 0 Å². The number of rotatable bonds is 5. The van der Waals surface area contributed by atoms with E-state index < -0.39 is 11.7 Å². The van der Waals surface area contributed by atoms with Gasteiger partial charge in [0, 0.05) is 17.4 Å². The van der Waals surface area contributed by atoms with Crippen molar-refractivity contribution in [3.63, 3.8) is 0 Å². The number of hydrogen-bond acceptors (Lipinski definition) is 2. The molecule has 0 saturated carbocycles. The lowest BCUT2D eigenvalue weighted by molar-refractivity contribution is -0.137. The molecule has 0 aliphatic carbocycles. The molecule has 6 heteroatoms.